The number of likely N-dealkylation sites (N-methyl/N-ethyl adjacent to an activating group) is 1. The van der Waals surface area contributed by atoms with Crippen molar-refractivity contribution in [3.63, 3.8) is 0 Å². The van der Waals surface area contributed by atoms with Crippen LogP contribution in [0.2, 0.25) is 0 Å². The van der Waals surface area contributed by atoms with E-state index in [0.717, 1.165) is 15.9 Å². The van der Waals surface area contributed by atoms with Gasteiger partial charge in [0.1, 0.15) is 0 Å². The fraction of sp³-hybridized carbons (Fsp3) is 0.375. The first-order valence-electron chi connectivity index (χ1n) is 10.9. The van der Waals surface area contributed by atoms with Crippen LogP contribution in [0.5, 0.6) is 0 Å². The molecule has 2 aromatic carbocycles. The van der Waals surface area contributed by atoms with Crippen LogP contribution in [-0.4, -0.2) is 69.8 Å². The molecular formula is C24H27F2N3O3S. The number of nitrogens with zero attached hydrogens (tertiary/aromatic N) is 3. The van der Waals surface area contributed by atoms with E-state index in [0.29, 0.717) is 26.2 Å². The summed E-state index contributed by atoms with van der Waals surface area (Å²) in [4.78, 5) is 16.5. The van der Waals surface area contributed by atoms with Gasteiger partial charge in [-0.15, -0.1) is 0 Å². The van der Waals surface area contributed by atoms with Crippen LogP contribution in [-0.2, 0) is 14.8 Å². The van der Waals surface area contributed by atoms with Gasteiger partial charge < -0.3 is 9.80 Å². The van der Waals surface area contributed by atoms with Crippen molar-refractivity contribution in [3.05, 3.63) is 65.7 Å². The molecule has 1 amide bonds. The number of halogens is 2. The molecule has 2 aliphatic heterocycles. The number of amides is 1. The number of fused-ring (bicyclic) bond motifs is 1. The molecule has 0 bridgehead atoms. The quantitative estimate of drug-likeness (QED) is 0.639. The molecular weight excluding hydrogens is 448 g/mol. The van der Waals surface area contributed by atoms with Gasteiger partial charge in [-0.25, -0.2) is 17.2 Å². The average Bonchev–Trinajstić information content (AvgIpc) is 2.89. The molecule has 176 valence electrons. The molecule has 2 heterocycles. The van der Waals surface area contributed by atoms with Gasteiger partial charge in [0.15, 0.2) is 0 Å². The Hall–Kier alpha value is -2.78. The number of hydrogen-bond acceptors (Lipinski definition) is 4. The molecule has 0 atom stereocenters. The predicted molar refractivity (Wildman–Crippen MR) is 124 cm³/mol. The first-order chi connectivity index (χ1) is 15.6. The summed E-state index contributed by atoms with van der Waals surface area (Å²) in [7, 11) is -2.13. The number of carbonyl (C=O) groups is 1. The third-order valence-electron chi connectivity index (χ3n) is 6.18. The zero-order valence-electron chi connectivity index (χ0n) is 18.7. The first kappa shape index (κ1) is 23.4. The molecule has 4 rings (SSSR count). The lowest BCUT2D eigenvalue weighted by molar-refractivity contribution is -0.127. The van der Waals surface area contributed by atoms with E-state index in [9.17, 15) is 13.2 Å². The Morgan fingerprint density at radius 3 is 2.27 bits per heavy atom. The number of alkyl halides is 2. The minimum atomic E-state index is -4.07. The number of anilines is 1. The normalized spacial score (nSPS) is 20.4. The average molecular weight is 476 g/mol. The summed E-state index contributed by atoms with van der Waals surface area (Å²) in [5, 5.41) is 0. The third-order valence-corrected chi connectivity index (χ3v) is 8.01. The number of aryl methyl sites for hydroxylation is 1. The number of allylic oxidation sites excluding steroid dienone is 1. The zero-order valence-corrected chi connectivity index (χ0v) is 19.5. The summed E-state index contributed by atoms with van der Waals surface area (Å²) in [6.07, 6.45) is 0.265. The van der Waals surface area contributed by atoms with Crippen LogP contribution in [0.4, 0.5) is 14.5 Å². The SMILES string of the molecule is Cc1ccc(S(=O)(=O)N2CCC(F)(F)/C(=C\C(=O)N3CCN(C)CC3)c3ccccc32)cc1. The van der Waals surface area contributed by atoms with Crippen molar-refractivity contribution in [2.75, 3.05) is 44.1 Å². The second-order valence-corrected chi connectivity index (χ2v) is 10.4. The number of sulfonamides is 1. The summed E-state index contributed by atoms with van der Waals surface area (Å²) in [5.74, 6) is -3.85. The van der Waals surface area contributed by atoms with Crippen LogP contribution in [0.3, 0.4) is 0 Å². The van der Waals surface area contributed by atoms with E-state index in [4.69, 9.17) is 0 Å². The van der Waals surface area contributed by atoms with Crippen molar-refractivity contribution < 1.29 is 22.0 Å². The van der Waals surface area contributed by atoms with Crippen LogP contribution in [0.15, 0.2) is 59.5 Å². The monoisotopic (exact) mass is 475 g/mol. The van der Waals surface area contributed by atoms with Crippen molar-refractivity contribution in [1.29, 1.82) is 0 Å². The number of rotatable bonds is 3. The second kappa shape index (κ2) is 8.87. The van der Waals surface area contributed by atoms with Gasteiger partial charge in [0.05, 0.1) is 10.6 Å². The van der Waals surface area contributed by atoms with E-state index in [1.807, 2.05) is 14.0 Å². The molecule has 2 aromatic rings. The van der Waals surface area contributed by atoms with Crippen LogP contribution < -0.4 is 4.31 Å². The van der Waals surface area contributed by atoms with Gasteiger partial charge in [-0.05, 0) is 32.2 Å². The van der Waals surface area contributed by atoms with Crippen molar-refractivity contribution in [3.8, 4) is 0 Å². The highest BCUT2D eigenvalue weighted by atomic mass is 32.2. The molecule has 33 heavy (non-hydrogen) atoms. The summed E-state index contributed by atoms with van der Waals surface area (Å²) >= 11 is 0. The maximum absolute atomic E-state index is 15.3. The number of carbonyl (C=O) groups excluding carboxylic acids is 1. The van der Waals surface area contributed by atoms with Crippen LogP contribution in [0, 0.1) is 6.92 Å². The van der Waals surface area contributed by atoms with Gasteiger partial charge in [-0.2, -0.15) is 0 Å². The minimum Gasteiger partial charge on any atom is -0.337 e. The topological polar surface area (TPSA) is 60.9 Å². The van der Waals surface area contributed by atoms with Gasteiger partial charge >= 0.3 is 0 Å². The van der Waals surface area contributed by atoms with Crippen molar-refractivity contribution >= 4 is 27.2 Å². The maximum Gasteiger partial charge on any atom is 0.275 e. The van der Waals surface area contributed by atoms with E-state index >= 15 is 8.78 Å². The Bertz CT molecular complexity index is 1170. The summed E-state index contributed by atoms with van der Waals surface area (Å²) in [6.45, 7) is 3.70. The van der Waals surface area contributed by atoms with Crippen molar-refractivity contribution in [1.82, 2.24) is 9.80 Å². The van der Waals surface area contributed by atoms with E-state index < -0.39 is 40.4 Å². The van der Waals surface area contributed by atoms with Gasteiger partial charge in [-0.3, -0.25) is 9.10 Å². The summed E-state index contributed by atoms with van der Waals surface area (Å²) in [6, 6.07) is 12.4. The molecule has 0 radical (unpaired) electrons. The Balaban J connectivity index is 1.77. The second-order valence-electron chi connectivity index (χ2n) is 8.55. The fourth-order valence-electron chi connectivity index (χ4n) is 4.13. The number of hydrogen-bond donors (Lipinski definition) is 0. The van der Waals surface area contributed by atoms with Crippen LogP contribution in [0.1, 0.15) is 17.5 Å². The standard InChI is InChI=1S/C24H27F2N3O3S/c1-18-7-9-19(10-8-18)33(31,32)29-12-11-24(25,26)21(20-5-3-4-6-22(20)29)17-23(30)28-15-13-27(2)14-16-28/h3-10,17H,11-16H2,1-2H3/b21-17-. The predicted octanol–water partition coefficient (Wildman–Crippen LogP) is 3.39. The van der Waals surface area contributed by atoms with Crippen molar-refractivity contribution in [2.24, 2.45) is 0 Å². The molecule has 1 fully saturated rings. The number of piperazine rings is 1. The first-order valence-corrected chi connectivity index (χ1v) is 12.3. The highest BCUT2D eigenvalue weighted by Gasteiger charge is 2.43. The minimum absolute atomic E-state index is 0.0344. The largest absolute Gasteiger partial charge is 0.337 e. The van der Waals surface area contributed by atoms with Gasteiger partial charge in [0, 0.05) is 56.4 Å². The van der Waals surface area contributed by atoms with E-state index in [-0.39, 0.29) is 16.1 Å². The number of benzene rings is 2. The smallest absolute Gasteiger partial charge is 0.275 e. The van der Waals surface area contributed by atoms with Crippen LogP contribution in [0.25, 0.3) is 5.57 Å². The summed E-state index contributed by atoms with van der Waals surface area (Å²) in [5.41, 5.74) is 0.652. The van der Waals surface area contributed by atoms with Gasteiger partial charge in [0.25, 0.3) is 15.9 Å². The van der Waals surface area contributed by atoms with E-state index in [2.05, 4.69) is 4.90 Å². The molecule has 0 unspecified atom stereocenters. The Morgan fingerprint density at radius 1 is 0.970 bits per heavy atom. The summed E-state index contributed by atoms with van der Waals surface area (Å²) < 4.78 is 58.5. The Kier molecular flexibility index (Phi) is 6.28. The maximum atomic E-state index is 15.3. The zero-order chi connectivity index (χ0) is 23.8. The molecule has 6 nitrogen and oxygen atoms in total. The van der Waals surface area contributed by atoms with Crippen molar-refractivity contribution in [2.45, 2.75) is 24.2 Å². The lowest BCUT2D eigenvalue weighted by Gasteiger charge is -2.32. The molecule has 1 saturated heterocycles. The highest BCUT2D eigenvalue weighted by Crippen LogP contribution is 2.44. The molecule has 2 aliphatic rings. The lowest BCUT2D eigenvalue weighted by atomic mass is 9.97. The molecule has 0 aromatic heterocycles. The Morgan fingerprint density at radius 2 is 1.61 bits per heavy atom. The van der Waals surface area contributed by atoms with E-state index in [1.165, 1.54) is 24.3 Å². The molecule has 0 aliphatic carbocycles. The Labute approximate surface area is 193 Å². The molecule has 9 heteroatoms. The van der Waals surface area contributed by atoms with Gasteiger partial charge in [0.2, 0.25) is 5.91 Å². The third kappa shape index (κ3) is 4.65. The van der Waals surface area contributed by atoms with Crippen LogP contribution >= 0.6 is 0 Å². The molecule has 0 saturated carbocycles. The lowest BCUT2D eigenvalue weighted by Crippen LogP contribution is -2.46. The molecule has 0 spiro atoms. The van der Waals surface area contributed by atoms with E-state index in [1.54, 1.807) is 29.2 Å². The number of para-hydroxylation sites is 1. The molecule has 0 N–H and O–H groups in total. The fourth-order valence-corrected chi connectivity index (χ4v) is 5.61. The van der Waals surface area contributed by atoms with Gasteiger partial charge in [-0.1, -0.05) is 35.9 Å². The highest BCUT2D eigenvalue weighted by molar-refractivity contribution is 7.92.